The molecule has 0 spiro atoms. The summed E-state index contributed by atoms with van der Waals surface area (Å²) in [6.45, 7) is 1.10. The Hall–Kier alpha value is -0.120. The fourth-order valence-corrected chi connectivity index (χ4v) is 2.90. The highest BCUT2D eigenvalue weighted by molar-refractivity contribution is 4.84. The van der Waals surface area contributed by atoms with Crippen molar-refractivity contribution in [3.8, 4) is 0 Å². The standard InChI is InChI=1S/C13H25NO2/c1-14-9-10-7-11(8-10)16-13-6-4-2-3-5-12(13)15/h10-15H,2-9H2,1H3. The van der Waals surface area contributed by atoms with Crippen molar-refractivity contribution >= 4 is 0 Å². The number of hydrogen-bond donors (Lipinski definition) is 2. The number of aliphatic hydroxyl groups excluding tert-OH is 1. The van der Waals surface area contributed by atoms with Crippen LogP contribution < -0.4 is 5.32 Å². The zero-order valence-corrected chi connectivity index (χ0v) is 10.3. The van der Waals surface area contributed by atoms with Crippen LogP contribution in [0.1, 0.15) is 44.9 Å². The lowest BCUT2D eigenvalue weighted by molar-refractivity contribution is -0.118. The normalized spacial score (nSPS) is 40.1. The van der Waals surface area contributed by atoms with Gasteiger partial charge in [0.15, 0.2) is 0 Å². The first-order valence-corrected chi connectivity index (χ1v) is 6.77. The number of ether oxygens (including phenoxy) is 1. The predicted molar refractivity (Wildman–Crippen MR) is 64.4 cm³/mol. The van der Waals surface area contributed by atoms with Gasteiger partial charge in [0.1, 0.15) is 0 Å². The van der Waals surface area contributed by atoms with Crippen LogP contribution in [0.3, 0.4) is 0 Å². The molecule has 2 aliphatic carbocycles. The number of aliphatic hydroxyl groups is 1. The summed E-state index contributed by atoms with van der Waals surface area (Å²) in [6.07, 6.45) is 8.26. The van der Waals surface area contributed by atoms with Crippen molar-refractivity contribution in [3.63, 3.8) is 0 Å². The highest BCUT2D eigenvalue weighted by Crippen LogP contribution is 2.32. The summed E-state index contributed by atoms with van der Waals surface area (Å²) in [4.78, 5) is 0. The van der Waals surface area contributed by atoms with E-state index in [1.807, 2.05) is 7.05 Å². The maximum atomic E-state index is 9.95. The molecule has 0 bridgehead atoms. The third-order valence-electron chi connectivity index (χ3n) is 3.97. The van der Waals surface area contributed by atoms with E-state index in [9.17, 15) is 5.11 Å². The monoisotopic (exact) mass is 227 g/mol. The van der Waals surface area contributed by atoms with Gasteiger partial charge in [0, 0.05) is 0 Å². The molecule has 0 aromatic rings. The van der Waals surface area contributed by atoms with Crippen molar-refractivity contribution in [1.82, 2.24) is 5.32 Å². The number of hydrogen-bond acceptors (Lipinski definition) is 3. The van der Waals surface area contributed by atoms with E-state index < -0.39 is 0 Å². The van der Waals surface area contributed by atoms with E-state index in [0.717, 1.165) is 31.7 Å². The quantitative estimate of drug-likeness (QED) is 0.718. The van der Waals surface area contributed by atoms with Gasteiger partial charge in [-0.25, -0.2) is 0 Å². The third-order valence-corrected chi connectivity index (χ3v) is 3.97. The van der Waals surface area contributed by atoms with Gasteiger partial charge >= 0.3 is 0 Å². The predicted octanol–water partition coefficient (Wildman–Crippen LogP) is 1.69. The van der Waals surface area contributed by atoms with E-state index in [4.69, 9.17) is 4.74 Å². The van der Waals surface area contributed by atoms with Crippen LogP contribution in [0, 0.1) is 5.92 Å². The van der Waals surface area contributed by atoms with Gasteiger partial charge in [0.05, 0.1) is 18.3 Å². The summed E-state index contributed by atoms with van der Waals surface area (Å²) in [5.74, 6) is 0.790. The van der Waals surface area contributed by atoms with Crippen molar-refractivity contribution in [1.29, 1.82) is 0 Å². The van der Waals surface area contributed by atoms with Gasteiger partial charge in [-0.05, 0) is 45.2 Å². The minimum atomic E-state index is -0.217. The molecule has 2 aliphatic rings. The van der Waals surface area contributed by atoms with Gasteiger partial charge in [0.2, 0.25) is 0 Å². The first-order valence-electron chi connectivity index (χ1n) is 6.77. The Morgan fingerprint density at radius 2 is 1.94 bits per heavy atom. The molecule has 0 amide bonds. The zero-order chi connectivity index (χ0) is 11.4. The van der Waals surface area contributed by atoms with Gasteiger partial charge in [-0.2, -0.15) is 0 Å². The van der Waals surface area contributed by atoms with Crippen LogP contribution in [-0.2, 0) is 4.74 Å². The van der Waals surface area contributed by atoms with Crippen LogP contribution in [0.15, 0.2) is 0 Å². The van der Waals surface area contributed by atoms with Crippen molar-refractivity contribution < 1.29 is 9.84 Å². The van der Waals surface area contributed by atoms with Crippen molar-refractivity contribution in [2.75, 3.05) is 13.6 Å². The maximum absolute atomic E-state index is 9.95. The van der Waals surface area contributed by atoms with Gasteiger partial charge in [0.25, 0.3) is 0 Å². The van der Waals surface area contributed by atoms with Crippen LogP contribution in [0.5, 0.6) is 0 Å². The largest absolute Gasteiger partial charge is 0.390 e. The van der Waals surface area contributed by atoms with Gasteiger partial charge in [-0.3, -0.25) is 0 Å². The molecule has 0 aromatic heterocycles. The summed E-state index contributed by atoms with van der Waals surface area (Å²) in [6, 6.07) is 0. The van der Waals surface area contributed by atoms with Crippen LogP contribution in [0.2, 0.25) is 0 Å². The molecular formula is C13H25NO2. The molecule has 3 heteroatoms. The number of rotatable bonds is 4. The molecule has 3 nitrogen and oxygen atoms in total. The van der Waals surface area contributed by atoms with E-state index >= 15 is 0 Å². The molecule has 0 saturated heterocycles. The molecule has 94 valence electrons. The smallest absolute Gasteiger partial charge is 0.0837 e. The van der Waals surface area contributed by atoms with Gasteiger partial charge in [-0.1, -0.05) is 19.3 Å². The maximum Gasteiger partial charge on any atom is 0.0837 e. The Morgan fingerprint density at radius 3 is 2.69 bits per heavy atom. The molecule has 0 aromatic carbocycles. The highest BCUT2D eigenvalue weighted by atomic mass is 16.5. The van der Waals surface area contributed by atoms with E-state index in [2.05, 4.69) is 5.32 Å². The van der Waals surface area contributed by atoms with Crippen LogP contribution in [0.4, 0.5) is 0 Å². The second-order valence-corrected chi connectivity index (χ2v) is 5.40. The Bertz CT molecular complexity index is 204. The molecule has 0 radical (unpaired) electrons. The molecule has 16 heavy (non-hydrogen) atoms. The molecule has 0 heterocycles. The van der Waals surface area contributed by atoms with Crippen molar-refractivity contribution in [3.05, 3.63) is 0 Å². The lowest BCUT2D eigenvalue weighted by Gasteiger charge is -2.38. The van der Waals surface area contributed by atoms with Crippen molar-refractivity contribution in [2.24, 2.45) is 5.92 Å². The lowest BCUT2D eigenvalue weighted by Crippen LogP contribution is -2.41. The van der Waals surface area contributed by atoms with Crippen LogP contribution in [0.25, 0.3) is 0 Å². The average Bonchev–Trinajstić information content (AvgIpc) is 2.41. The average molecular weight is 227 g/mol. The highest BCUT2D eigenvalue weighted by Gasteiger charge is 2.33. The van der Waals surface area contributed by atoms with Gasteiger partial charge < -0.3 is 15.2 Å². The fraction of sp³-hybridized carbons (Fsp3) is 1.00. The van der Waals surface area contributed by atoms with Gasteiger partial charge in [-0.15, -0.1) is 0 Å². The molecule has 2 atom stereocenters. The molecule has 2 N–H and O–H groups in total. The Kier molecular flexibility index (Phi) is 4.62. The SMILES string of the molecule is CNCC1CC(OC2CCCCCC2O)C1. The molecule has 2 fully saturated rings. The summed E-state index contributed by atoms with van der Waals surface area (Å²) >= 11 is 0. The Labute approximate surface area is 98.6 Å². The van der Waals surface area contributed by atoms with Crippen molar-refractivity contribution in [2.45, 2.75) is 63.3 Å². The molecule has 2 unspecified atom stereocenters. The van der Waals surface area contributed by atoms with E-state index in [1.165, 1.54) is 25.7 Å². The molecule has 2 saturated carbocycles. The Morgan fingerprint density at radius 1 is 1.19 bits per heavy atom. The third kappa shape index (κ3) is 3.19. The summed E-state index contributed by atoms with van der Waals surface area (Å²) < 4.78 is 6.02. The first-order chi connectivity index (χ1) is 7.79. The van der Waals surface area contributed by atoms with E-state index in [1.54, 1.807) is 0 Å². The van der Waals surface area contributed by atoms with E-state index in [0.29, 0.717) is 6.10 Å². The van der Waals surface area contributed by atoms with Crippen LogP contribution >= 0.6 is 0 Å². The summed E-state index contributed by atoms with van der Waals surface area (Å²) in [5, 5.41) is 13.2. The summed E-state index contributed by atoms with van der Waals surface area (Å²) in [5.41, 5.74) is 0. The molecular weight excluding hydrogens is 202 g/mol. The minimum Gasteiger partial charge on any atom is -0.390 e. The van der Waals surface area contributed by atoms with E-state index in [-0.39, 0.29) is 12.2 Å². The Balaban J connectivity index is 1.69. The first kappa shape index (κ1) is 12.3. The topological polar surface area (TPSA) is 41.5 Å². The molecule has 2 rings (SSSR count). The zero-order valence-electron chi connectivity index (χ0n) is 10.3. The summed E-state index contributed by atoms with van der Waals surface area (Å²) in [7, 11) is 2.00. The molecule has 0 aliphatic heterocycles. The second kappa shape index (κ2) is 5.99. The number of nitrogens with one attached hydrogen (secondary N) is 1. The lowest BCUT2D eigenvalue weighted by atomic mass is 9.82. The second-order valence-electron chi connectivity index (χ2n) is 5.40. The fourth-order valence-electron chi connectivity index (χ4n) is 2.90. The minimum absolute atomic E-state index is 0.114. The van der Waals surface area contributed by atoms with Crippen LogP contribution in [-0.4, -0.2) is 37.0 Å².